The van der Waals surface area contributed by atoms with E-state index >= 15 is 0 Å². The highest BCUT2D eigenvalue weighted by molar-refractivity contribution is 5.54. The van der Waals surface area contributed by atoms with Crippen molar-refractivity contribution in [3.05, 3.63) is 36.2 Å². The summed E-state index contributed by atoms with van der Waals surface area (Å²) in [7, 11) is 0. The summed E-state index contributed by atoms with van der Waals surface area (Å²) in [6.45, 7) is 10.1. The van der Waals surface area contributed by atoms with Crippen LogP contribution in [-0.2, 0) is 13.0 Å². The van der Waals surface area contributed by atoms with Crippen molar-refractivity contribution < 1.29 is 0 Å². The predicted molar refractivity (Wildman–Crippen MR) is 94.3 cm³/mol. The van der Waals surface area contributed by atoms with Crippen LogP contribution in [0.15, 0.2) is 30.6 Å². The van der Waals surface area contributed by atoms with Crippen LogP contribution in [0.4, 0.5) is 0 Å². The third-order valence-electron chi connectivity index (χ3n) is 5.01. The lowest BCUT2D eigenvalue weighted by atomic mass is 9.90. The van der Waals surface area contributed by atoms with Gasteiger partial charge in [0.05, 0.1) is 11.4 Å². The number of aromatic nitrogens is 3. The van der Waals surface area contributed by atoms with Crippen molar-refractivity contribution in [2.24, 2.45) is 5.92 Å². The Kier molecular flexibility index (Phi) is 5.11. The quantitative estimate of drug-likeness (QED) is 0.845. The predicted octanol–water partition coefficient (Wildman–Crippen LogP) is 3.63. The molecule has 0 amide bonds. The number of aryl methyl sites for hydroxylation is 1. The first kappa shape index (κ1) is 16.2. The van der Waals surface area contributed by atoms with Crippen molar-refractivity contribution in [3.63, 3.8) is 0 Å². The van der Waals surface area contributed by atoms with Crippen LogP contribution in [0, 0.1) is 5.92 Å². The van der Waals surface area contributed by atoms with Crippen LogP contribution in [-0.4, -0.2) is 38.8 Å². The molecule has 2 aromatic heterocycles. The van der Waals surface area contributed by atoms with Gasteiger partial charge in [-0.1, -0.05) is 6.07 Å². The molecule has 0 saturated carbocycles. The molecule has 1 aliphatic heterocycles. The molecule has 0 radical (unpaired) electrons. The molecule has 4 nitrogen and oxygen atoms in total. The number of hydrogen-bond acceptors (Lipinski definition) is 3. The van der Waals surface area contributed by atoms with E-state index in [-0.39, 0.29) is 0 Å². The van der Waals surface area contributed by atoms with Crippen LogP contribution in [0.2, 0.25) is 0 Å². The van der Waals surface area contributed by atoms with Crippen molar-refractivity contribution in [1.82, 2.24) is 19.7 Å². The highest BCUT2D eigenvalue weighted by Crippen LogP contribution is 2.24. The van der Waals surface area contributed by atoms with Crippen LogP contribution in [0.5, 0.6) is 0 Å². The number of likely N-dealkylation sites (tertiary alicyclic amines) is 1. The zero-order valence-electron chi connectivity index (χ0n) is 14.6. The second-order valence-corrected chi connectivity index (χ2v) is 6.86. The summed E-state index contributed by atoms with van der Waals surface area (Å²) in [6.07, 6.45) is 7.67. The van der Waals surface area contributed by atoms with E-state index in [1.165, 1.54) is 31.5 Å². The molecule has 23 heavy (non-hydrogen) atoms. The maximum Gasteiger partial charge on any atom is 0.0883 e. The van der Waals surface area contributed by atoms with E-state index in [1.807, 2.05) is 16.9 Å². The molecule has 0 aliphatic carbocycles. The Morgan fingerprint density at radius 3 is 2.57 bits per heavy atom. The third kappa shape index (κ3) is 3.81. The van der Waals surface area contributed by atoms with Gasteiger partial charge in [-0.05, 0) is 76.7 Å². The topological polar surface area (TPSA) is 34.0 Å². The molecule has 2 aromatic rings. The molecule has 4 heteroatoms. The lowest BCUT2D eigenvalue weighted by Gasteiger charge is -2.34. The summed E-state index contributed by atoms with van der Waals surface area (Å²) < 4.78 is 1.99. The average molecular weight is 312 g/mol. The third-order valence-corrected chi connectivity index (χ3v) is 5.01. The lowest BCUT2D eigenvalue weighted by molar-refractivity contribution is 0.149. The molecule has 0 N–H and O–H groups in total. The van der Waals surface area contributed by atoms with Crippen molar-refractivity contribution in [2.45, 2.75) is 52.6 Å². The maximum atomic E-state index is 4.67. The van der Waals surface area contributed by atoms with Crippen molar-refractivity contribution in [2.75, 3.05) is 13.1 Å². The van der Waals surface area contributed by atoms with Gasteiger partial charge in [-0.25, -0.2) is 0 Å². The van der Waals surface area contributed by atoms with E-state index in [2.05, 4.69) is 54.1 Å². The summed E-state index contributed by atoms with van der Waals surface area (Å²) >= 11 is 0. The minimum absolute atomic E-state index is 0.681. The van der Waals surface area contributed by atoms with Gasteiger partial charge in [0.1, 0.15) is 0 Å². The minimum Gasteiger partial charge on any atom is -0.301 e. The van der Waals surface area contributed by atoms with Crippen LogP contribution in [0.1, 0.15) is 39.2 Å². The van der Waals surface area contributed by atoms with Crippen LogP contribution >= 0.6 is 0 Å². The number of rotatable bonds is 5. The fourth-order valence-corrected chi connectivity index (χ4v) is 3.51. The van der Waals surface area contributed by atoms with E-state index in [0.717, 1.165) is 30.3 Å². The second kappa shape index (κ2) is 7.26. The van der Waals surface area contributed by atoms with Gasteiger partial charge in [-0.15, -0.1) is 0 Å². The molecule has 0 bridgehead atoms. The van der Waals surface area contributed by atoms with Crippen LogP contribution in [0.25, 0.3) is 11.4 Å². The average Bonchev–Trinajstić information content (AvgIpc) is 3.05. The number of nitrogens with zero attached hydrogens (tertiary/aromatic N) is 4. The van der Waals surface area contributed by atoms with Crippen molar-refractivity contribution in [3.8, 4) is 11.4 Å². The Morgan fingerprint density at radius 1 is 1.17 bits per heavy atom. The molecule has 0 spiro atoms. The van der Waals surface area contributed by atoms with E-state index in [0.29, 0.717) is 6.04 Å². The highest BCUT2D eigenvalue weighted by atomic mass is 15.3. The van der Waals surface area contributed by atoms with Crippen LogP contribution < -0.4 is 0 Å². The first-order valence-electron chi connectivity index (χ1n) is 8.88. The monoisotopic (exact) mass is 312 g/mol. The van der Waals surface area contributed by atoms with Crippen LogP contribution in [0.3, 0.4) is 0 Å². The Balaban J connectivity index is 1.60. The van der Waals surface area contributed by atoms with E-state index in [1.54, 1.807) is 0 Å². The molecule has 0 unspecified atom stereocenters. The molecule has 3 rings (SSSR count). The van der Waals surface area contributed by atoms with Gasteiger partial charge < -0.3 is 4.90 Å². The summed E-state index contributed by atoms with van der Waals surface area (Å²) in [5.41, 5.74) is 3.48. The van der Waals surface area contributed by atoms with Gasteiger partial charge in [0.2, 0.25) is 0 Å². The van der Waals surface area contributed by atoms with Crippen molar-refractivity contribution >= 4 is 0 Å². The number of hydrogen-bond donors (Lipinski definition) is 0. The minimum atomic E-state index is 0.681. The molecular formula is C19H28N4. The summed E-state index contributed by atoms with van der Waals surface area (Å²) in [4.78, 5) is 7.25. The SMILES string of the molecule is CCn1nccc1-c1ccc(CC2CCN(C(C)C)CC2)cn1. The number of piperidine rings is 1. The summed E-state index contributed by atoms with van der Waals surface area (Å²) in [5.74, 6) is 0.804. The normalized spacial score (nSPS) is 17.0. The van der Waals surface area contributed by atoms with Crippen molar-refractivity contribution in [1.29, 1.82) is 0 Å². The molecule has 1 fully saturated rings. The van der Waals surface area contributed by atoms with Gasteiger partial charge >= 0.3 is 0 Å². The molecule has 1 saturated heterocycles. The summed E-state index contributed by atoms with van der Waals surface area (Å²) in [6, 6.07) is 7.10. The zero-order valence-corrected chi connectivity index (χ0v) is 14.6. The smallest absolute Gasteiger partial charge is 0.0883 e. The fourth-order valence-electron chi connectivity index (χ4n) is 3.51. The molecule has 0 atom stereocenters. The Labute approximate surface area is 139 Å². The Bertz CT molecular complexity index is 607. The fraction of sp³-hybridized carbons (Fsp3) is 0.579. The Morgan fingerprint density at radius 2 is 1.96 bits per heavy atom. The van der Waals surface area contributed by atoms with E-state index in [4.69, 9.17) is 0 Å². The molecular weight excluding hydrogens is 284 g/mol. The van der Waals surface area contributed by atoms with Gasteiger partial charge in [-0.3, -0.25) is 9.67 Å². The van der Waals surface area contributed by atoms with Gasteiger partial charge in [0.25, 0.3) is 0 Å². The largest absolute Gasteiger partial charge is 0.301 e. The van der Waals surface area contributed by atoms with E-state index in [9.17, 15) is 0 Å². The van der Waals surface area contributed by atoms with Gasteiger partial charge in [-0.2, -0.15) is 5.10 Å². The Hall–Kier alpha value is -1.68. The second-order valence-electron chi connectivity index (χ2n) is 6.86. The zero-order chi connectivity index (χ0) is 16.2. The lowest BCUT2D eigenvalue weighted by Crippen LogP contribution is -2.38. The maximum absolute atomic E-state index is 4.67. The number of pyridine rings is 1. The summed E-state index contributed by atoms with van der Waals surface area (Å²) in [5, 5.41) is 4.32. The standard InChI is InChI=1S/C19H28N4/c1-4-23-19(7-10-21-23)18-6-5-17(14-20-18)13-16-8-11-22(12-9-16)15(2)3/h5-7,10,14-16H,4,8-9,11-13H2,1-3H3. The first-order chi connectivity index (χ1) is 11.2. The molecule has 124 valence electrons. The first-order valence-corrected chi connectivity index (χ1v) is 8.88. The molecule has 0 aromatic carbocycles. The van der Waals surface area contributed by atoms with E-state index < -0.39 is 0 Å². The van der Waals surface area contributed by atoms with Gasteiger partial charge in [0, 0.05) is 25.0 Å². The molecule has 1 aliphatic rings. The highest BCUT2D eigenvalue weighted by Gasteiger charge is 2.21. The van der Waals surface area contributed by atoms with Gasteiger partial charge in [0.15, 0.2) is 0 Å². The molecule has 3 heterocycles.